The molecule has 3 rings (SSSR count). The summed E-state index contributed by atoms with van der Waals surface area (Å²) >= 11 is 0. The van der Waals surface area contributed by atoms with Crippen molar-refractivity contribution >= 4 is 17.7 Å². The lowest BCUT2D eigenvalue weighted by atomic mass is 9.74. The molecular formula is C25H31N3O5. The second-order valence-corrected chi connectivity index (χ2v) is 8.37. The van der Waals surface area contributed by atoms with Gasteiger partial charge in [0.05, 0.1) is 18.2 Å². The van der Waals surface area contributed by atoms with E-state index in [1.165, 1.54) is 4.90 Å². The molecule has 2 aromatic rings. The number of hydrogen-bond donors (Lipinski definition) is 1. The maximum absolute atomic E-state index is 13.6. The smallest absolute Gasteiger partial charge is 0.240 e. The third-order valence-corrected chi connectivity index (χ3v) is 5.82. The average Bonchev–Trinajstić information content (AvgIpc) is 3.03. The number of benzene rings is 1. The van der Waals surface area contributed by atoms with Crippen molar-refractivity contribution in [2.45, 2.75) is 44.6 Å². The highest BCUT2D eigenvalue weighted by Crippen LogP contribution is 2.41. The molecule has 33 heavy (non-hydrogen) atoms. The second-order valence-electron chi connectivity index (χ2n) is 8.37. The number of likely N-dealkylation sites (tertiary alicyclic amines) is 1. The Kier molecular flexibility index (Phi) is 8.16. The number of nitrogens with one attached hydrogen (secondary N) is 1. The van der Waals surface area contributed by atoms with Gasteiger partial charge in [-0.3, -0.25) is 24.3 Å². The Morgan fingerprint density at radius 1 is 1.24 bits per heavy atom. The number of hydrogen-bond acceptors (Lipinski definition) is 6. The molecule has 1 aromatic heterocycles. The molecule has 2 atom stereocenters. The molecule has 0 bridgehead atoms. The van der Waals surface area contributed by atoms with E-state index >= 15 is 0 Å². The predicted molar refractivity (Wildman–Crippen MR) is 123 cm³/mol. The zero-order valence-electron chi connectivity index (χ0n) is 19.4. The Balaban J connectivity index is 1.74. The van der Waals surface area contributed by atoms with Gasteiger partial charge >= 0.3 is 0 Å². The van der Waals surface area contributed by atoms with Gasteiger partial charge in [0.1, 0.15) is 11.9 Å². The number of amides is 3. The molecule has 176 valence electrons. The van der Waals surface area contributed by atoms with Crippen LogP contribution in [0.2, 0.25) is 0 Å². The molecule has 8 heteroatoms. The standard InChI is InChI=1S/C25H31N3O5/c1-18-8-4-5-10-21(18)25(15-23(30)28(24(25)31)12-7-13-32-3)14-22(29)27-16-19(2)33-20-9-6-11-26-17-20/h4-6,8-11,17,19H,7,12-16H2,1-3H3,(H,27,29). The SMILES string of the molecule is COCCCN1C(=O)CC(CC(=O)NCC(C)Oc2cccnc2)(c2ccccc2C)C1=O. The van der Waals surface area contributed by atoms with Gasteiger partial charge in [-0.15, -0.1) is 0 Å². The third-order valence-electron chi connectivity index (χ3n) is 5.82. The number of nitrogens with zero attached hydrogens (tertiary/aromatic N) is 2. The minimum atomic E-state index is -1.22. The molecule has 0 spiro atoms. The number of ether oxygens (including phenoxy) is 2. The maximum atomic E-state index is 13.6. The van der Waals surface area contributed by atoms with Gasteiger partial charge in [0.15, 0.2) is 0 Å². The van der Waals surface area contributed by atoms with Crippen molar-refractivity contribution in [1.29, 1.82) is 0 Å². The van der Waals surface area contributed by atoms with Gasteiger partial charge in [-0.2, -0.15) is 0 Å². The molecule has 2 unspecified atom stereocenters. The molecule has 1 saturated heterocycles. The van der Waals surface area contributed by atoms with Crippen molar-refractivity contribution < 1.29 is 23.9 Å². The number of aromatic nitrogens is 1. The van der Waals surface area contributed by atoms with E-state index in [2.05, 4.69) is 10.3 Å². The maximum Gasteiger partial charge on any atom is 0.240 e. The van der Waals surface area contributed by atoms with E-state index in [0.717, 1.165) is 5.56 Å². The zero-order valence-corrected chi connectivity index (χ0v) is 19.4. The molecule has 1 aliphatic heterocycles. The monoisotopic (exact) mass is 453 g/mol. The largest absolute Gasteiger partial charge is 0.487 e. The van der Waals surface area contributed by atoms with Crippen LogP contribution in [0.4, 0.5) is 0 Å². The van der Waals surface area contributed by atoms with Crippen LogP contribution in [0.15, 0.2) is 48.8 Å². The molecule has 3 amide bonds. The molecule has 0 aliphatic carbocycles. The summed E-state index contributed by atoms with van der Waals surface area (Å²) in [5.41, 5.74) is 0.374. The van der Waals surface area contributed by atoms with Crippen molar-refractivity contribution in [3.63, 3.8) is 0 Å². The molecule has 1 aliphatic rings. The fraction of sp³-hybridized carbons (Fsp3) is 0.440. The molecule has 2 heterocycles. The first-order chi connectivity index (χ1) is 15.9. The van der Waals surface area contributed by atoms with Gasteiger partial charge in [-0.25, -0.2) is 0 Å². The van der Waals surface area contributed by atoms with Crippen LogP contribution in [0.25, 0.3) is 0 Å². The molecule has 1 aromatic carbocycles. The van der Waals surface area contributed by atoms with Gasteiger partial charge in [0, 0.05) is 39.3 Å². The Labute approximate surface area is 194 Å². The van der Waals surface area contributed by atoms with E-state index in [1.54, 1.807) is 31.6 Å². The van der Waals surface area contributed by atoms with E-state index in [4.69, 9.17) is 9.47 Å². The van der Waals surface area contributed by atoms with Crippen LogP contribution in [0.3, 0.4) is 0 Å². The highest BCUT2D eigenvalue weighted by atomic mass is 16.5. The van der Waals surface area contributed by atoms with E-state index < -0.39 is 5.41 Å². The quantitative estimate of drug-likeness (QED) is 0.414. The van der Waals surface area contributed by atoms with Crippen molar-refractivity contribution in [3.8, 4) is 5.75 Å². The van der Waals surface area contributed by atoms with Gasteiger partial charge in [0.25, 0.3) is 0 Å². The molecule has 0 radical (unpaired) electrons. The Bertz CT molecular complexity index is 981. The first kappa shape index (κ1) is 24.4. The highest BCUT2D eigenvalue weighted by Gasteiger charge is 2.53. The van der Waals surface area contributed by atoms with Crippen LogP contribution in [-0.4, -0.2) is 60.5 Å². The highest BCUT2D eigenvalue weighted by molar-refractivity contribution is 6.10. The summed E-state index contributed by atoms with van der Waals surface area (Å²) < 4.78 is 10.8. The number of methoxy groups -OCH3 is 1. The van der Waals surface area contributed by atoms with E-state index in [9.17, 15) is 14.4 Å². The van der Waals surface area contributed by atoms with Crippen molar-refractivity contribution in [2.24, 2.45) is 0 Å². The third kappa shape index (κ3) is 5.76. The van der Waals surface area contributed by atoms with E-state index in [-0.39, 0.29) is 49.8 Å². The fourth-order valence-corrected chi connectivity index (χ4v) is 4.23. The first-order valence-corrected chi connectivity index (χ1v) is 11.1. The van der Waals surface area contributed by atoms with Crippen LogP contribution in [0.5, 0.6) is 5.75 Å². The lowest BCUT2D eigenvalue weighted by Gasteiger charge is -2.29. The van der Waals surface area contributed by atoms with Gasteiger partial charge in [-0.05, 0) is 43.5 Å². The van der Waals surface area contributed by atoms with Crippen LogP contribution in [-0.2, 0) is 24.5 Å². The van der Waals surface area contributed by atoms with Crippen molar-refractivity contribution in [1.82, 2.24) is 15.2 Å². The molecule has 1 fully saturated rings. The van der Waals surface area contributed by atoms with Crippen LogP contribution >= 0.6 is 0 Å². The van der Waals surface area contributed by atoms with Gasteiger partial charge in [-0.1, -0.05) is 24.3 Å². The van der Waals surface area contributed by atoms with E-state index in [1.807, 2.05) is 38.1 Å². The van der Waals surface area contributed by atoms with Crippen molar-refractivity contribution in [2.75, 3.05) is 26.8 Å². The summed E-state index contributed by atoms with van der Waals surface area (Å²) in [5, 5.41) is 2.86. The number of carbonyl (C=O) groups is 3. The lowest BCUT2D eigenvalue weighted by molar-refractivity contribution is -0.141. The minimum Gasteiger partial charge on any atom is -0.487 e. The summed E-state index contributed by atoms with van der Waals surface area (Å²) in [6.07, 6.45) is 3.38. The molecular weight excluding hydrogens is 422 g/mol. The summed E-state index contributed by atoms with van der Waals surface area (Å²) in [6, 6.07) is 11.0. The number of aryl methyl sites for hydroxylation is 1. The molecule has 1 N–H and O–H groups in total. The van der Waals surface area contributed by atoms with Crippen LogP contribution < -0.4 is 10.1 Å². The molecule has 0 saturated carbocycles. The number of carbonyl (C=O) groups excluding carboxylic acids is 3. The Hall–Kier alpha value is -3.26. The number of rotatable bonds is 11. The number of imide groups is 1. The Morgan fingerprint density at radius 2 is 2.03 bits per heavy atom. The zero-order chi connectivity index (χ0) is 23.8. The summed E-state index contributed by atoms with van der Waals surface area (Å²) in [4.78, 5) is 44.7. The van der Waals surface area contributed by atoms with Gasteiger partial charge in [0.2, 0.25) is 17.7 Å². The minimum absolute atomic E-state index is 0.0289. The van der Waals surface area contributed by atoms with Gasteiger partial charge < -0.3 is 14.8 Å². The lowest BCUT2D eigenvalue weighted by Crippen LogP contribution is -2.44. The summed E-state index contributed by atoms with van der Waals surface area (Å²) in [6.45, 7) is 4.72. The summed E-state index contributed by atoms with van der Waals surface area (Å²) in [5.74, 6) is -0.285. The Morgan fingerprint density at radius 3 is 2.73 bits per heavy atom. The number of pyridine rings is 1. The fourth-order valence-electron chi connectivity index (χ4n) is 4.23. The normalized spacial score (nSPS) is 18.9. The van der Waals surface area contributed by atoms with E-state index in [0.29, 0.717) is 24.3 Å². The second kappa shape index (κ2) is 11.0. The van der Waals surface area contributed by atoms with Crippen LogP contribution in [0.1, 0.15) is 37.3 Å². The first-order valence-electron chi connectivity index (χ1n) is 11.1. The topological polar surface area (TPSA) is 97.8 Å². The average molecular weight is 454 g/mol. The molecule has 8 nitrogen and oxygen atoms in total. The summed E-state index contributed by atoms with van der Waals surface area (Å²) in [7, 11) is 1.58. The van der Waals surface area contributed by atoms with Crippen molar-refractivity contribution in [3.05, 3.63) is 59.9 Å². The van der Waals surface area contributed by atoms with Crippen LogP contribution in [0, 0.1) is 6.92 Å². The predicted octanol–water partition coefficient (Wildman–Crippen LogP) is 2.40.